The van der Waals surface area contributed by atoms with Crippen LogP contribution in [0.1, 0.15) is 22.3 Å². The van der Waals surface area contributed by atoms with Crippen molar-refractivity contribution in [2.45, 2.75) is 12.6 Å². The highest BCUT2D eigenvalue weighted by Gasteiger charge is 2.16. The van der Waals surface area contributed by atoms with Gasteiger partial charge in [-0.2, -0.15) is 0 Å². The first-order chi connectivity index (χ1) is 14.0. The van der Waals surface area contributed by atoms with Crippen LogP contribution in [0.5, 0.6) is 17.2 Å². The lowest BCUT2D eigenvalue weighted by atomic mass is 10.1. The minimum Gasteiger partial charge on any atom is -0.497 e. The maximum Gasteiger partial charge on any atom is 0.295 e. The van der Waals surface area contributed by atoms with Gasteiger partial charge in [-0.3, -0.25) is 4.79 Å². The Bertz CT molecular complexity index is 971. The highest BCUT2D eigenvalue weighted by atomic mass is 16.5. The first-order valence-electron chi connectivity index (χ1n) is 8.79. The molecule has 9 heteroatoms. The highest BCUT2D eigenvalue weighted by molar-refractivity contribution is 6.02. The quantitative estimate of drug-likeness (QED) is 0.599. The van der Waals surface area contributed by atoms with Gasteiger partial charge in [-0.15, -0.1) is 5.10 Å². The first-order valence-corrected chi connectivity index (χ1v) is 8.79. The van der Waals surface area contributed by atoms with Crippen molar-refractivity contribution in [3.05, 3.63) is 60.2 Å². The summed E-state index contributed by atoms with van der Waals surface area (Å²) in [6.07, 6.45) is 0.590. The number of carbonyl (C=O) groups is 1. The fraction of sp³-hybridized carbons (Fsp3) is 0.250. The third-order valence-corrected chi connectivity index (χ3v) is 4.26. The van der Waals surface area contributed by atoms with Crippen LogP contribution in [-0.2, 0) is 6.54 Å². The molecular weight excluding hydrogens is 376 g/mol. The minimum absolute atomic E-state index is 0.0233. The molecule has 0 aliphatic rings. The summed E-state index contributed by atoms with van der Waals surface area (Å²) in [5.74, 6) is 1.24. The number of nitrogens with zero attached hydrogens (tertiary/aromatic N) is 3. The molecule has 152 valence electrons. The number of aromatic nitrogens is 3. The van der Waals surface area contributed by atoms with Crippen LogP contribution in [0.3, 0.4) is 0 Å². The minimum atomic E-state index is -0.805. The van der Waals surface area contributed by atoms with Crippen LogP contribution in [0.4, 0.5) is 5.69 Å². The predicted molar refractivity (Wildman–Crippen MR) is 105 cm³/mol. The Labute approximate surface area is 167 Å². The topological polar surface area (TPSA) is 108 Å². The zero-order chi connectivity index (χ0) is 20.8. The van der Waals surface area contributed by atoms with Crippen molar-refractivity contribution in [2.24, 2.45) is 0 Å². The van der Waals surface area contributed by atoms with Crippen molar-refractivity contribution in [2.75, 3.05) is 26.6 Å². The van der Waals surface area contributed by atoms with Crippen molar-refractivity contribution in [1.82, 2.24) is 14.8 Å². The molecule has 9 nitrogen and oxygen atoms in total. The van der Waals surface area contributed by atoms with E-state index in [2.05, 4.69) is 15.4 Å². The number of anilines is 1. The summed E-state index contributed by atoms with van der Waals surface area (Å²) < 4.78 is 16.9. The Hall–Kier alpha value is -3.59. The highest BCUT2D eigenvalue weighted by Crippen LogP contribution is 2.29. The van der Waals surface area contributed by atoms with Gasteiger partial charge < -0.3 is 24.6 Å². The largest absolute Gasteiger partial charge is 0.497 e. The molecule has 3 rings (SSSR count). The molecule has 1 amide bonds. The normalized spacial score (nSPS) is 11.6. The average molecular weight is 398 g/mol. The zero-order valence-electron chi connectivity index (χ0n) is 16.3. The SMILES string of the molecule is COc1ccc([C@@H](O)Cn2cnc(C(=O)Nc3ccc(OC)cc3OC)n2)cc1. The van der Waals surface area contributed by atoms with Crippen LogP contribution in [-0.4, -0.2) is 47.1 Å². The Balaban J connectivity index is 1.66. The van der Waals surface area contributed by atoms with Crippen LogP contribution >= 0.6 is 0 Å². The Kier molecular flexibility index (Phi) is 6.30. The lowest BCUT2D eigenvalue weighted by molar-refractivity contribution is 0.101. The molecular formula is C20H22N4O5. The third kappa shape index (κ3) is 4.82. The van der Waals surface area contributed by atoms with Crippen molar-refractivity contribution in [1.29, 1.82) is 0 Å². The van der Waals surface area contributed by atoms with E-state index in [0.717, 1.165) is 0 Å². The summed E-state index contributed by atoms with van der Waals surface area (Å²) in [6.45, 7) is 0.151. The van der Waals surface area contributed by atoms with Gasteiger partial charge in [0.2, 0.25) is 5.82 Å². The average Bonchev–Trinajstić information content (AvgIpc) is 3.22. The van der Waals surface area contributed by atoms with Crippen LogP contribution in [0, 0.1) is 0 Å². The van der Waals surface area contributed by atoms with Gasteiger partial charge >= 0.3 is 0 Å². The van der Waals surface area contributed by atoms with E-state index in [1.807, 2.05) is 0 Å². The van der Waals surface area contributed by atoms with E-state index in [0.29, 0.717) is 28.5 Å². The molecule has 29 heavy (non-hydrogen) atoms. The van der Waals surface area contributed by atoms with E-state index < -0.39 is 12.0 Å². The number of aliphatic hydroxyl groups is 1. The van der Waals surface area contributed by atoms with E-state index in [1.54, 1.807) is 56.7 Å². The van der Waals surface area contributed by atoms with Gasteiger partial charge in [-0.25, -0.2) is 9.67 Å². The second kappa shape index (κ2) is 9.07. The number of amides is 1. The smallest absolute Gasteiger partial charge is 0.295 e. The Morgan fingerprint density at radius 1 is 1.07 bits per heavy atom. The number of rotatable bonds is 8. The lowest BCUT2D eigenvalue weighted by Gasteiger charge is -2.11. The maximum atomic E-state index is 12.5. The van der Waals surface area contributed by atoms with E-state index in [-0.39, 0.29) is 12.4 Å². The molecule has 0 aliphatic carbocycles. The lowest BCUT2D eigenvalue weighted by Crippen LogP contribution is -2.16. The van der Waals surface area contributed by atoms with Gasteiger partial charge in [0.05, 0.1) is 39.7 Å². The van der Waals surface area contributed by atoms with Gasteiger partial charge in [0, 0.05) is 6.07 Å². The number of hydrogen-bond acceptors (Lipinski definition) is 7. The standard InChI is InChI=1S/C20H22N4O5/c1-27-14-6-4-13(5-7-14)17(25)11-24-12-21-19(23-24)20(26)22-16-9-8-15(28-2)10-18(16)29-3/h4-10,12,17,25H,11H2,1-3H3,(H,22,26)/t17-/m0/s1. The molecule has 0 spiro atoms. The van der Waals surface area contributed by atoms with Gasteiger partial charge in [-0.1, -0.05) is 12.1 Å². The van der Waals surface area contributed by atoms with E-state index in [4.69, 9.17) is 14.2 Å². The molecule has 0 bridgehead atoms. The number of carbonyl (C=O) groups excluding carboxylic acids is 1. The molecule has 2 aromatic carbocycles. The summed E-state index contributed by atoms with van der Waals surface area (Å²) in [5, 5.41) is 17.2. The summed E-state index contributed by atoms with van der Waals surface area (Å²) in [4.78, 5) is 16.5. The van der Waals surface area contributed by atoms with E-state index in [9.17, 15) is 9.90 Å². The number of nitrogens with one attached hydrogen (secondary N) is 1. The third-order valence-electron chi connectivity index (χ3n) is 4.26. The van der Waals surface area contributed by atoms with Crippen LogP contribution in [0.25, 0.3) is 0 Å². The molecule has 2 N–H and O–H groups in total. The van der Waals surface area contributed by atoms with Crippen molar-refractivity contribution < 1.29 is 24.1 Å². The predicted octanol–water partition coefficient (Wildman–Crippen LogP) is 2.29. The van der Waals surface area contributed by atoms with E-state index in [1.165, 1.54) is 18.1 Å². The summed E-state index contributed by atoms with van der Waals surface area (Å²) in [5.41, 5.74) is 1.17. The molecule has 0 fully saturated rings. The number of hydrogen-bond donors (Lipinski definition) is 2. The summed E-state index contributed by atoms with van der Waals surface area (Å²) in [7, 11) is 4.62. The second-order valence-electron chi connectivity index (χ2n) is 6.10. The number of ether oxygens (including phenoxy) is 3. The molecule has 0 aliphatic heterocycles. The van der Waals surface area contributed by atoms with Crippen LogP contribution < -0.4 is 19.5 Å². The molecule has 0 radical (unpaired) electrons. The number of methoxy groups -OCH3 is 3. The molecule has 1 heterocycles. The van der Waals surface area contributed by atoms with Crippen molar-refractivity contribution >= 4 is 11.6 Å². The number of benzene rings is 2. The maximum absolute atomic E-state index is 12.5. The Morgan fingerprint density at radius 2 is 1.76 bits per heavy atom. The van der Waals surface area contributed by atoms with Crippen molar-refractivity contribution in [3.8, 4) is 17.2 Å². The van der Waals surface area contributed by atoms with Gasteiger partial charge in [-0.05, 0) is 29.8 Å². The molecule has 0 saturated carbocycles. The van der Waals surface area contributed by atoms with Crippen LogP contribution in [0.15, 0.2) is 48.8 Å². The molecule has 0 saturated heterocycles. The molecule has 3 aromatic rings. The summed E-state index contributed by atoms with van der Waals surface area (Å²) in [6, 6.07) is 12.1. The molecule has 0 unspecified atom stereocenters. The van der Waals surface area contributed by atoms with Crippen molar-refractivity contribution in [3.63, 3.8) is 0 Å². The van der Waals surface area contributed by atoms with Gasteiger partial charge in [0.25, 0.3) is 5.91 Å². The monoisotopic (exact) mass is 398 g/mol. The number of aliphatic hydroxyl groups excluding tert-OH is 1. The summed E-state index contributed by atoms with van der Waals surface area (Å²) >= 11 is 0. The van der Waals surface area contributed by atoms with Gasteiger partial charge in [0.15, 0.2) is 0 Å². The fourth-order valence-electron chi connectivity index (χ4n) is 2.68. The second-order valence-corrected chi connectivity index (χ2v) is 6.10. The first kappa shape index (κ1) is 20.2. The van der Waals surface area contributed by atoms with E-state index >= 15 is 0 Å². The molecule has 1 atom stereocenters. The Morgan fingerprint density at radius 3 is 2.41 bits per heavy atom. The zero-order valence-corrected chi connectivity index (χ0v) is 16.3. The molecule has 1 aromatic heterocycles. The van der Waals surface area contributed by atoms with Gasteiger partial charge in [0.1, 0.15) is 23.6 Å². The fourth-order valence-corrected chi connectivity index (χ4v) is 2.68. The van der Waals surface area contributed by atoms with Crippen LogP contribution in [0.2, 0.25) is 0 Å².